The number of carbonyl (C=O) groups excluding carboxylic acids is 1. The van der Waals surface area contributed by atoms with Gasteiger partial charge < -0.3 is 15.5 Å². The van der Waals surface area contributed by atoms with E-state index in [1.165, 1.54) is 19.1 Å². The number of amides is 1. The maximum atomic E-state index is 12.5. The Morgan fingerprint density at radius 3 is 2.41 bits per heavy atom. The summed E-state index contributed by atoms with van der Waals surface area (Å²) < 4.78 is 23.1. The molecule has 0 atom stereocenters. The molecule has 2 aliphatic heterocycles. The fourth-order valence-electron chi connectivity index (χ4n) is 3.37. The molecule has 2 fully saturated rings. The van der Waals surface area contributed by atoms with E-state index in [-0.39, 0.29) is 5.91 Å². The van der Waals surface area contributed by atoms with E-state index in [1.807, 2.05) is 0 Å². The van der Waals surface area contributed by atoms with Gasteiger partial charge in [-0.05, 0) is 57.8 Å². The predicted molar refractivity (Wildman–Crippen MR) is 87.5 cm³/mol. The van der Waals surface area contributed by atoms with Crippen LogP contribution in [0.2, 0.25) is 0 Å². The van der Waals surface area contributed by atoms with Crippen LogP contribution in [0.4, 0.5) is 0 Å². The van der Waals surface area contributed by atoms with Crippen LogP contribution >= 0.6 is 0 Å². The summed E-state index contributed by atoms with van der Waals surface area (Å²) in [5.41, 5.74) is 0. The second kappa shape index (κ2) is 7.27. The number of piperidine rings is 2. The summed E-state index contributed by atoms with van der Waals surface area (Å²) in [7, 11) is -3.41. The molecule has 1 amide bonds. The number of rotatable bonds is 5. The first-order valence-corrected chi connectivity index (χ1v) is 10.2. The van der Waals surface area contributed by atoms with Crippen molar-refractivity contribution in [3.05, 3.63) is 0 Å². The van der Waals surface area contributed by atoms with Crippen LogP contribution in [0, 0.1) is 5.92 Å². The fourth-order valence-corrected chi connectivity index (χ4v) is 4.73. The van der Waals surface area contributed by atoms with Gasteiger partial charge >= 0.3 is 0 Å². The van der Waals surface area contributed by atoms with Crippen LogP contribution in [0.15, 0.2) is 0 Å². The molecule has 2 heterocycles. The molecule has 7 heteroatoms. The van der Waals surface area contributed by atoms with Crippen LogP contribution in [-0.2, 0) is 14.6 Å². The summed E-state index contributed by atoms with van der Waals surface area (Å²) in [6.07, 6.45) is 4.31. The van der Waals surface area contributed by atoms with Gasteiger partial charge in [0, 0.05) is 19.3 Å². The van der Waals surface area contributed by atoms with Gasteiger partial charge in [0.05, 0.1) is 0 Å². The van der Waals surface area contributed by atoms with Gasteiger partial charge in [-0.1, -0.05) is 6.92 Å². The smallest absolute Gasteiger partial charge is 0.241 e. The minimum atomic E-state index is -3.41. The molecule has 0 aromatic carbocycles. The average Bonchev–Trinajstić information content (AvgIpc) is 2.49. The maximum Gasteiger partial charge on any atom is 0.241 e. The van der Waals surface area contributed by atoms with Gasteiger partial charge in [-0.2, -0.15) is 0 Å². The number of likely N-dealkylation sites (tertiary alicyclic amines) is 1. The number of hydrogen-bond acceptors (Lipinski definition) is 5. The molecule has 2 rings (SSSR count). The first kappa shape index (κ1) is 17.7. The second-order valence-corrected chi connectivity index (χ2v) is 9.12. The molecule has 0 unspecified atom stereocenters. The summed E-state index contributed by atoms with van der Waals surface area (Å²) >= 11 is 0. The molecule has 22 heavy (non-hydrogen) atoms. The fraction of sp³-hybridized carbons (Fsp3) is 0.933. The summed E-state index contributed by atoms with van der Waals surface area (Å²) in [4.78, 5) is 14.9. The Labute approximate surface area is 133 Å². The van der Waals surface area contributed by atoms with Crippen LogP contribution in [0.5, 0.6) is 0 Å². The number of sulfone groups is 1. The number of nitrogens with zero attached hydrogens (tertiary/aromatic N) is 1. The monoisotopic (exact) mass is 331 g/mol. The van der Waals surface area contributed by atoms with Crippen molar-refractivity contribution in [2.75, 3.05) is 45.5 Å². The Morgan fingerprint density at radius 1 is 1.27 bits per heavy atom. The van der Waals surface area contributed by atoms with Crippen LogP contribution in [-0.4, -0.2) is 69.5 Å². The minimum Gasteiger partial charge on any atom is -0.353 e. The highest BCUT2D eigenvalue weighted by Gasteiger charge is 2.48. The largest absolute Gasteiger partial charge is 0.353 e. The zero-order valence-corrected chi connectivity index (χ0v) is 14.5. The van der Waals surface area contributed by atoms with Crippen LogP contribution in [0.25, 0.3) is 0 Å². The summed E-state index contributed by atoms with van der Waals surface area (Å²) in [6.45, 7) is 6.88. The van der Waals surface area contributed by atoms with E-state index in [2.05, 4.69) is 22.5 Å². The van der Waals surface area contributed by atoms with Gasteiger partial charge in [-0.25, -0.2) is 8.42 Å². The van der Waals surface area contributed by atoms with E-state index >= 15 is 0 Å². The molecule has 2 aliphatic rings. The Balaban J connectivity index is 1.87. The highest BCUT2D eigenvalue weighted by atomic mass is 32.2. The lowest BCUT2D eigenvalue weighted by molar-refractivity contribution is -0.124. The quantitative estimate of drug-likeness (QED) is 0.741. The SMILES string of the molecule is CC1CCN(CCNC(=O)C2(S(C)(=O)=O)CCNCC2)CC1. The molecule has 2 saturated heterocycles. The van der Waals surface area contributed by atoms with Crippen LogP contribution < -0.4 is 10.6 Å². The molecule has 0 saturated carbocycles. The molecular weight excluding hydrogens is 302 g/mol. The zero-order valence-electron chi connectivity index (χ0n) is 13.7. The number of hydrogen-bond donors (Lipinski definition) is 2. The van der Waals surface area contributed by atoms with Gasteiger partial charge in [-0.3, -0.25) is 4.79 Å². The Kier molecular flexibility index (Phi) is 5.85. The number of carbonyl (C=O) groups is 1. The van der Waals surface area contributed by atoms with Gasteiger partial charge in [0.15, 0.2) is 14.6 Å². The predicted octanol–water partition coefficient (Wildman–Crippen LogP) is 0.00130. The van der Waals surface area contributed by atoms with Crippen molar-refractivity contribution < 1.29 is 13.2 Å². The lowest BCUT2D eigenvalue weighted by Gasteiger charge is -2.35. The van der Waals surface area contributed by atoms with Crippen molar-refractivity contribution in [3.8, 4) is 0 Å². The second-order valence-electron chi connectivity index (χ2n) is 6.80. The van der Waals surface area contributed by atoms with E-state index < -0.39 is 14.6 Å². The maximum absolute atomic E-state index is 12.5. The first-order chi connectivity index (χ1) is 10.3. The summed E-state index contributed by atoms with van der Waals surface area (Å²) in [5.74, 6) is 0.468. The van der Waals surface area contributed by atoms with Crippen LogP contribution in [0.1, 0.15) is 32.6 Å². The molecular formula is C15H29N3O3S. The van der Waals surface area contributed by atoms with E-state index in [0.717, 1.165) is 25.6 Å². The van der Waals surface area contributed by atoms with E-state index in [9.17, 15) is 13.2 Å². The third-order valence-electron chi connectivity index (χ3n) is 5.12. The van der Waals surface area contributed by atoms with Crippen LogP contribution in [0.3, 0.4) is 0 Å². The third-order valence-corrected chi connectivity index (χ3v) is 7.14. The standard InChI is InChI=1S/C15H29N3O3S/c1-13-3-10-18(11-4-13)12-9-17-14(19)15(22(2,20)21)5-7-16-8-6-15/h13,16H,3-12H2,1-2H3,(H,17,19). The topological polar surface area (TPSA) is 78.5 Å². The molecule has 0 aliphatic carbocycles. The normalized spacial score (nSPS) is 24.1. The molecule has 0 aromatic heterocycles. The van der Waals surface area contributed by atoms with Gasteiger partial charge in [0.25, 0.3) is 0 Å². The Morgan fingerprint density at radius 2 is 1.86 bits per heavy atom. The van der Waals surface area contributed by atoms with Gasteiger partial charge in [0.1, 0.15) is 0 Å². The molecule has 0 radical (unpaired) electrons. The highest BCUT2D eigenvalue weighted by molar-refractivity contribution is 7.92. The van der Waals surface area contributed by atoms with Crippen molar-refractivity contribution in [2.45, 2.75) is 37.4 Å². The zero-order chi connectivity index (χ0) is 16.2. The van der Waals surface area contributed by atoms with Gasteiger partial charge in [0.2, 0.25) is 5.91 Å². The molecule has 2 N–H and O–H groups in total. The van der Waals surface area contributed by atoms with Crippen molar-refractivity contribution >= 4 is 15.7 Å². The van der Waals surface area contributed by atoms with Crippen molar-refractivity contribution in [1.29, 1.82) is 0 Å². The molecule has 0 bridgehead atoms. The lowest BCUT2D eigenvalue weighted by atomic mass is 9.96. The average molecular weight is 331 g/mol. The molecule has 6 nitrogen and oxygen atoms in total. The van der Waals surface area contributed by atoms with Crippen molar-refractivity contribution in [2.24, 2.45) is 5.92 Å². The Hall–Kier alpha value is -0.660. The molecule has 128 valence electrons. The van der Waals surface area contributed by atoms with Crippen molar-refractivity contribution in [3.63, 3.8) is 0 Å². The van der Waals surface area contributed by atoms with E-state index in [1.54, 1.807) is 0 Å². The summed E-state index contributed by atoms with van der Waals surface area (Å²) in [5, 5.41) is 6.00. The molecule has 0 aromatic rings. The minimum absolute atomic E-state index is 0.318. The number of nitrogens with one attached hydrogen (secondary N) is 2. The van der Waals surface area contributed by atoms with E-state index in [4.69, 9.17) is 0 Å². The molecule has 0 spiro atoms. The summed E-state index contributed by atoms with van der Waals surface area (Å²) in [6, 6.07) is 0. The Bertz CT molecular complexity index is 478. The van der Waals surface area contributed by atoms with Crippen molar-refractivity contribution in [1.82, 2.24) is 15.5 Å². The van der Waals surface area contributed by atoms with E-state index in [0.29, 0.717) is 32.5 Å². The first-order valence-electron chi connectivity index (χ1n) is 8.26. The van der Waals surface area contributed by atoms with Gasteiger partial charge in [-0.15, -0.1) is 0 Å². The third kappa shape index (κ3) is 4.00. The highest BCUT2D eigenvalue weighted by Crippen LogP contribution is 2.27. The lowest BCUT2D eigenvalue weighted by Crippen LogP contribution is -2.58.